The van der Waals surface area contributed by atoms with Crippen LogP contribution in [0.15, 0.2) is 18.2 Å². The lowest BCUT2D eigenvalue weighted by Gasteiger charge is -2.29. The normalized spacial score (nSPS) is 20.0. The number of unbranched alkanes of at least 4 members (excludes halogenated alkanes) is 1. The maximum Gasteiger partial charge on any atom is 0.261 e. The summed E-state index contributed by atoms with van der Waals surface area (Å²) >= 11 is 0. The molecule has 0 radical (unpaired) electrons. The Morgan fingerprint density at radius 2 is 2.00 bits per heavy atom. The number of likely N-dealkylation sites (tertiary alicyclic amines) is 1. The average molecular weight is 445 g/mol. The van der Waals surface area contributed by atoms with E-state index in [9.17, 15) is 19.2 Å². The van der Waals surface area contributed by atoms with E-state index in [4.69, 9.17) is 10.5 Å². The predicted molar refractivity (Wildman–Crippen MR) is 118 cm³/mol. The van der Waals surface area contributed by atoms with Crippen LogP contribution in [-0.2, 0) is 14.4 Å². The highest BCUT2D eigenvalue weighted by Crippen LogP contribution is 2.21. The van der Waals surface area contributed by atoms with Crippen molar-refractivity contribution in [1.82, 2.24) is 15.1 Å². The van der Waals surface area contributed by atoms with E-state index in [0.717, 1.165) is 50.2 Å². The van der Waals surface area contributed by atoms with Gasteiger partial charge in [-0.1, -0.05) is 0 Å². The molecular weight excluding hydrogens is 412 g/mol. The molecule has 0 saturated carbocycles. The second-order valence-electron chi connectivity index (χ2n) is 8.50. The van der Waals surface area contributed by atoms with Crippen molar-refractivity contribution in [2.75, 3.05) is 26.2 Å². The first-order valence-corrected chi connectivity index (χ1v) is 11.2. The summed E-state index contributed by atoms with van der Waals surface area (Å²) in [6.45, 7) is 5.51. The van der Waals surface area contributed by atoms with Gasteiger partial charge in [-0.3, -0.25) is 29.4 Å². The number of rotatable bonds is 9. The molecule has 4 amide bonds. The summed E-state index contributed by atoms with van der Waals surface area (Å²) in [7, 11) is 0. The fraction of sp³-hybridized carbons (Fsp3) is 0.565. The molecule has 2 aliphatic rings. The van der Waals surface area contributed by atoms with Crippen LogP contribution in [-0.4, -0.2) is 72.3 Å². The number of ether oxygens (including phenoxy) is 1. The van der Waals surface area contributed by atoms with E-state index in [1.54, 1.807) is 25.1 Å². The lowest BCUT2D eigenvalue weighted by Crippen LogP contribution is -2.53. The van der Waals surface area contributed by atoms with Gasteiger partial charge in [0.2, 0.25) is 18.2 Å². The van der Waals surface area contributed by atoms with E-state index in [1.165, 1.54) is 0 Å². The first kappa shape index (κ1) is 23.9. The van der Waals surface area contributed by atoms with Gasteiger partial charge in [-0.15, -0.1) is 0 Å². The Morgan fingerprint density at radius 3 is 2.66 bits per heavy atom. The topological polar surface area (TPSA) is 122 Å². The molecule has 0 aliphatic carbocycles. The number of carbonyl (C=O) groups excluding carboxylic acids is 4. The summed E-state index contributed by atoms with van der Waals surface area (Å²) < 4.78 is 5.83. The molecule has 32 heavy (non-hydrogen) atoms. The molecule has 0 aromatic heterocycles. The predicted octanol–water partition coefficient (Wildman–Crippen LogP) is 0.981. The van der Waals surface area contributed by atoms with Gasteiger partial charge >= 0.3 is 0 Å². The van der Waals surface area contributed by atoms with Crippen molar-refractivity contribution in [2.45, 2.75) is 57.5 Å². The lowest BCUT2D eigenvalue weighted by molar-refractivity contribution is -0.139. The third kappa shape index (κ3) is 6.14. The minimum Gasteiger partial charge on any atom is -0.494 e. The van der Waals surface area contributed by atoms with Gasteiger partial charge < -0.3 is 15.4 Å². The van der Waals surface area contributed by atoms with Crippen LogP contribution in [0.3, 0.4) is 0 Å². The van der Waals surface area contributed by atoms with Gasteiger partial charge in [0.15, 0.2) is 0 Å². The fourth-order valence-corrected chi connectivity index (χ4v) is 4.12. The van der Waals surface area contributed by atoms with E-state index in [-0.39, 0.29) is 12.8 Å². The first-order valence-electron chi connectivity index (χ1n) is 11.2. The zero-order valence-corrected chi connectivity index (χ0v) is 18.5. The highest BCUT2D eigenvalue weighted by atomic mass is 16.5. The van der Waals surface area contributed by atoms with E-state index in [1.807, 2.05) is 0 Å². The maximum atomic E-state index is 12.9. The molecule has 174 valence electrons. The summed E-state index contributed by atoms with van der Waals surface area (Å²) in [6.07, 6.45) is 4.66. The van der Waals surface area contributed by atoms with Crippen molar-refractivity contribution in [3.8, 4) is 5.75 Å². The molecule has 1 atom stereocenters. The van der Waals surface area contributed by atoms with E-state index in [0.29, 0.717) is 35.9 Å². The summed E-state index contributed by atoms with van der Waals surface area (Å²) in [4.78, 5) is 51.1. The molecule has 2 aliphatic heterocycles. The van der Waals surface area contributed by atoms with Crippen molar-refractivity contribution < 1.29 is 23.9 Å². The van der Waals surface area contributed by atoms with Gasteiger partial charge in [0.25, 0.3) is 5.91 Å². The molecule has 1 aromatic rings. The van der Waals surface area contributed by atoms with Crippen LogP contribution >= 0.6 is 0 Å². The third-order valence-electron chi connectivity index (χ3n) is 6.09. The van der Waals surface area contributed by atoms with Crippen LogP contribution in [0.5, 0.6) is 5.75 Å². The van der Waals surface area contributed by atoms with Crippen molar-refractivity contribution in [3.63, 3.8) is 0 Å². The summed E-state index contributed by atoms with van der Waals surface area (Å²) in [5.41, 5.74) is 6.90. The van der Waals surface area contributed by atoms with Crippen LogP contribution in [0.2, 0.25) is 0 Å². The van der Waals surface area contributed by atoms with Gasteiger partial charge in [0, 0.05) is 18.0 Å². The molecule has 1 unspecified atom stereocenters. The van der Waals surface area contributed by atoms with Crippen LogP contribution in [0.25, 0.3) is 0 Å². The molecule has 2 heterocycles. The standard InChI is InChI=1S/C23H32N4O5/c1-16-14-18(32-13-3-2-10-26-11-8-17(24)9-12-26)4-5-19(16)23(31)27(15-28)20-6-7-21(29)25-22(20)30/h4-5,14-15,17,20H,2-3,6-13,24H2,1H3,(H,25,29,30). The molecule has 1 aromatic carbocycles. The number of nitrogens with one attached hydrogen (secondary N) is 1. The number of imide groups is 2. The molecule has 3 N–H and O–H groups in total. The number of nitrogens with two attached hydrogens (primary N) is 1. The fourth-order valence-electron chi connectivity index (χ4n) is 4.12. The number of piperidine rings is 2. The second-order valence-corrected chi connectivity index (χ2v) is 8.50. The quantitative estimate of drug-likeness (QED) is 0.331. The minimum atomic E-state index is -0.983. The van der Waals surface area contributed by atoms with Gasteiger partial charge in [-0.05, 0) is 82.4 Å². The number of benzene rings is 1. The van der Waals surface area contributed by atoms with Gasteiger partial charge in [-0.2, -0.15) is 0 Å². The first-order chi connectivity index (χ1) is 15.4. The van der Waals surface area contributed by atoms with Crippen LogP contribution in [0, 0.1) is 6.92 Å². The van der Waals surface area contributed by atoms with Crippen molar-refractivity contribution in [3.05, 3.63) is 29.3 Å². The maximum absolute atomic E-state index is 12.9. The summed E-state index contributed by atoms with van der Waals surface area (Å²) in [5, 5.41) is 2.17. The zero-order chi connectivity index (χ0) is 23.1. The van der Waals surface area contributed by atoms with E-state index in [2.05, 4.69) is 10.2 Å². The summed E-state index contributed by atoms with van der Waals surface area (Å²) in [6, 6.07) is 4.41. The Bertz CT molecular complexity index is 851. The third-order valence-corrected chi connectivity index (χ3v) is 6.09. The number of hydrogen-bond donors (Lipinski definition) is 2. The van der Waals surface area contributed by atoms with Crippen LogP contribution in [0.4, 0.5) is 0 Å². The number of amides is 4. The highest BCUT2D eigenvalue weighted by Gasteiger charge is 2.35. The second kappa shape index (κ2) is 11.2. The Balaban J connectivity index is 1.49. The van der Waals surface area contributed by atoms with Crippen molar-refractivity contribution in [2.24, 2.45) is 5.73 Å². The monoisotopic (exact) mass is 444 g/mol. The molecular formula is C23H32N4O5. The van der Waals surface area contributed by atoms with E-state index >= 15 is 0 Å². The summed E-state index contributed by atoms with van der Waals surface area (Å²) in [5.74, 6) is -0.949. The molecule has 0 bridgehead atoms. The van der Waals surface area contributed by atoms with Gasteiger partial charge in [-0.25, -0.2) is 0 Å². The average Bonchev–Trinajstić information content (AvgIpc) is 2.76. The Kier molecular flexibility index (Phi) is 8.35. The molecule has 2 saturated heterocycles. The smallest absolute Gasteiger partial charge is 0.261 e. The van der Waals surface area contributed by atoms with Crippen molar-refractivity contribution in [1.29, 1.82) is 0 Å². The number of nitrogens with zero attached hydrogens (tertiary/aromatic N) is 2. The molecule has 2 fully saturated rings. The Labute approximate surface area is 188 Å². The SMILES string of the molecule is Cc1cc(OCCCCN2CCC(N)CC2)ccc1C(=O)N(C=O)C1CCC(=O)NC1=O. The lowest BCUT2D eigenvalue weighted by atomic mass is 10.0. The highest BCUT2D eigenvalue weighted by molar-refractivity contribution is 6.07. The number of hydrogen-bond acceptors (Lipinski definition) is 7. The molecule has 9 heteroatoms. The number of carbonyl (C=O) groups is 4. The largest absolute Gasteiger partial charge is 0.494 e. The molecule has 0 spiro atoms. The van der Waals surface area contributed by atoms with Crippen LogP contribution < -0.4 is 15.8 Å². The van der Waals surface area contributed by atoms with Crippen molar-refractivity contribution >= 4 is 24.1 Å². The molecule has 3 rings (SSSR count). The minimum absolute atomic E-state index is 0.0884. The van der Waals surface area contributed by atoms with Gasteiger partial charge in [0.1, 0.15) is 11.8 Å². The Hall–Kier alpha value is -2.78. The Morgan fingerprint density at radius 1 is 1.25 bits per heavy atom. The van der Waals surface area contributed by atoms with Gasteiger partial charge in [0.05, 0.1) is 6.61 Å². The molecule has 9 nitrogen and oxygen atoms in total. The van der Waals surface area contributed by atoms with Crippen LogP contribution in [0.1, 0.15) is 54.4 Å². The zero-order valence-electron chi connectivity index (χ0n) is 18.5. The van der Waals surface area contributed by atoms with E-state index < -0.39 is 23.8 Å². The number of aryl methyl sites for hydroxylation is 1.